The van der Waals surface area contributed by atoms with Gasteiger partial charge in [0.2, 0.25) is 0 Å². The fraction of sp³-hybridized carbons (Fsp3) is 0.455. The molecule has 0 atom stereocenters. The van der Waals surface area contributed by atoms with Crippen LogP contribution in [0, 0.1) is 12.3 Å². The first-order valence-corrected chi connectivity index (χ1v) is 5.44. The topological polar surface area (TPSA) is 54.2 Å². The minimum absolute atomic E-state index is 0.0528. The molecule has 2 N–H and O–H groups in total. The van der Waals surface area contributed by atoms with Crippen molar-refractivity contribution in [2.45, 2.75) is 20.0 Å². The van der Waals surface area contributed by atoms with E-state index in [-0.39, 0.29) is 12.4 Å². The number of nitrogens with zero attached hydrogens (tertiary/aromatic N) is 3. The molecular formula is C11H15F2N5. The van der Waals surface area contributed by atoms with Crippen molar-refractivity contribution in [1.82, 2.24) is 20.2 Å². The van der Waals surface area contributed by atoms with Crippen LogP contribution in [0.15, 0.2) is 17.4 Å². The molecule has 0 saturated carbocycles. The van der Waals surface area contributed by atoms with Gasteiger partial charge >= 0.3 is 6.55 Å². The Balaban J connectivity index is 2.69. The molecule has 1 heterocycles. The minimum Gasteiger partial charge on any atom is -0.357 e. The van der Waals surface area contributed by atoms with Crippen LogP contribution in [-0.4, -0.2) is 28.6 Å². The van der Waals surface area contributed by atoms with E-state index in [1.807, 2.05) is 6.92 Å². The third-order valence-corrected chi connectivity index (χ3v) is 2.04. The maximum Gasteiger partial charge on any atom is 0.319 e. The highest BCUT2D eigenvalue weighted by molar-refractivity contribution is 5.79. The van der Waals surface area contributed by atoms with E-state index in [4.69, 9.17) is 6.42 Å². The average Bonchev–Trinajstić information content (AvgIpc) is 2.81. The molecule has 0 amide bonds. The van der Waals surface area contributed by atoms with Gasteiger partial charge in [0, 0.05) is 18.9 Å². The number of aliphatic imine (C=N–C) groups is 1. The summed E-state index contributed by atoms with van der Waals surface area (Å²) in [6.07, 6.45) is 7.65. The number of guanidine groups is 1. The van der Waals surface area contributed by atoms with Crippen LogP contribution in [0.4, 0.5) is 8.78 Å². The monoisotopic (exact) mass is 255 g/mol. The van der Waals surface area contributed by atoms with E-state index in [1.54, 1.807) is 0 Å². The van der Waals surface area contributed by atoms with Crippen LogP contribution in [0.3, 0.4) is 0 Å². The van der Waals surface area contributed by atoms with Gasteiger partial charge in [-0.25, -0.2) is 9.98 Å². The molecule has 0 aliphatic heterocycles. The van der Waals surface area contributed by atoms with E-state index in [9.17, 15) is 8.78 Å². The Labute approximate surface area is 104 Å². The van der Waals surface area contributed by atoms with E-state index in [1.165, 1.54) is 12.4 Å². The molecule has 1 aromatic rings. The van der Waals surface area contributed by atoms with Gasteiger partial charge in [0.05, 0.1) is 6.54 Å². The maximum atomic E-state index is 12.6. The highest BCUT2D eigenvalue weighted by Gasteiger charge is 2.10. The molecule has 0 aromatic carbocycles. The van der Waals surface area contributed by atoms with E-state index in [0.717, 1.165) is 4.57 Å². The second-order valence-corrected chi connectivity index (χ2v) is 3.28. The fourth-order valence-corrected chi connectivity index (χ4v) is 1.27. The molecule has 0 radical (unpaired) electrons. The highest BCUT2D eigenvalue weighted by Crippen LogP contribution is 2.12. The van der Waals surface area contributed by atoms with Crippen molar-refractivity contribution in [2.24, 2.45) is 4.99 Å². The zero-order chi connectivity index (χ0) is 13.4. The van der Waals surface area contributed by atoms with Crippen LogP contribution in [0.2, 0.25) is 0 Å². The number of imidazole rings is 1. The van der Waals surface area contributed by atoms with Gasteiger partial charge in [0.15, 0.2) is 5.96 Å². The Morgan fingerprint density at radius 1 is 1.61 bits per heavy atom. The van der Waals surface area contributed by atoms with Gasteiger partial charge in [-0.3, -0.25) is 4.57 Å². The maximum absolute atomic E-state index is 12.6. The van der Waals surface area contributed by atoms with E-state index in [0.29, 0.717) is 19.0 Å². The summed E-state index contributed by atoms with van der Waals surface area (Å²) in [4.78, 5) is 7.95. The lowest BCUT2D eigenvalue weighted by molar-refractivity contribution is 0.0671. The predicted octanol–water partition coefficient (Wildman–Crippen LogP) is 0.966. The summed E-state index contributed by atoms with van der Waals surface area (Å²) in [6.45, 7) is 0.304. The molecule has 0 aliphatic rings. The molecule has 0 unspecified atom stereocenters. The smallest absolute Gasteiger partial charge is 0.319 e. The third kappa shape index (κ3) is 4.05. The van der Waals surface area contributed by atoms with E-state index >= 15 is 0 Å². The summed E-state index contributed by atoms with van der Waals surface area (Å²) >= 11 is 0. The molecular weight excluding hydrogens is 240 g/mol. The van der Waals surface area contributed by atoms with Crippen LogP contribution in [0.5, 0.6) is 0 Å². The van der Waals surface area contributed by atoms with Crippen LogP contribution in [0.25, 0.3) is 0 Å². The molecule has 1 rings (SSSR count). The van der Waals surface area contributed by atoms with Gasteiger partial charge < -0.3 is 10.6 Å². The Bertz CT molecular complexity index is 433. The molecule has 0 aliphatic carbocycles. The number of alkyl halides is 2. The highest BCUT2D eigenvalue weighted by atomic mass is 19.3. The number of nitrogens with one attached hydrogen (secondary N) is 2. The molecule has 18 heavy (non-hydrogen) atoms. The molecule has 98 valence electrons. The lowest BCUT2D eigenvalue weighted by Gasteiger charge is -2.09. The van der Waals surface area contributed by atoms with Crippen LogP contribution < -0.4 is 10.6 Å². The molecule has 0 saturated heterocycles. The second kappa shape index (κ2) is 7.27. The van der Waals surface area contributed by atoms with Crippen molar-refractivity contribution in [3.63, 3.8) is 0 Å². The molecule has 1 aromatic heterocycles. The van der Waals surface area contributed by atoms with Crippen molar-refractivity contribution < 1.29 is 8.78 Å². The van der Waals surface area contributed by atoms with Gasteiger partial charge in [-0.05, 0) is 6.92 Å². The predicted molar refractivity (Wildman–Crippen MR) is 65.1 cm³/mol. The summed E-state index contributed by atoms with van der Waals surface area (Å²) in [5, 5.41) is 5.81. The van der Waals surface area contributed by atoms with Gasteiger partial charge in [-0.2, -0.15) is 8.78 Å². The fourth-order valence-electron chi connectivity index (χ4n) is 1.27. The Morgan fingerprint density at radius 2 is 2.39 bits per heavy atom. The van der Waals surface area contributed by atoms with Crippen molar-refractivity contribution in [3.05, 3.63) is 18.2 Å². The number of terminal acetylenes is 1. The summed E-state index contributed by atoms with van der Waals surface area (Å²) in [5.74, 6) is 3.08. The second-order valence-electron chi connectivity index (χ2n) is 3.28. The van der Waals surface area contributed by atoms with Crippen molar-refractivity contribution in [2.75, 3.05) is 13.1 Å². The zero-order valence-corrected chi connectivity index (χ0v) is 10.0. The van der Waals surface area contributed by atoms with Gasteiger partial charge in [-0.1, -0.05) is 5.92 Å². The number of hydrogen-bond acceptors (Lipinski definition) is 2. The molecule has 0 bridgehead atoms. The molecule has 0 spiro atoms. The third-order valence-electron chi connectivity index (χ3n) is 2.04. The van der Waals surface area contributed by atoms with Gasteiger partial charge in [0.25, 0.3) is 0 Å². The van der Waals surface area contributed by atoms with Crippen molar-refractivity contribution in [1.29, 1.82) is 0 Å². The van der Waals surface area contributed by atoms with E-state index in [2.05, 4.69) is 26.5 Å². The average molecular weight is 255 g/mol. The SMILES string of the molecule is C#CCNC(=NCc1nccn1C(F)F)NCC. The summed E-state index contributed by atoms with van der Waals surface area (Å²) in [7, 11) is 0. The first-order chi connectivity index (χ1) is 8.69. The molecule has 5 nitrogen and oxygen atoms in total. The van der Waals surface area contributed by atoms with Crippen LogP contribution in [0.1, 0.15) is 19.3 Å². The number of hydrogen-bond donors (Lipinski definition) is 2. The number of halogens is 2. The first-order valence-electron chi connectivity index (χ1n) is 5.44. The summed E-state index contributed by atoms with van der Waals surface area (Å²) in [6, 6.07) is 0. The Morgan fingerprint density at radius 3 is 3.00 bits per heavy atom. The lowest BCUT2D eigenvalue weighted by Crippen LogP contribution is -2.37. The lowest BCUT2D eigenvalue weighted by atomic mass is 10.6. The van der Waals surface area contributed by atoms with Crippen LogP contribution in [-0.2, 0) is 6.54 Å². The van der Waals surface area contributed by atoms with Crippen molar-refractivity contribution in [3.8, 4) is 12.3 Å². The summed E-state index contributed by atoms with van der Waals surface area (Å²) < 4.78 is 25.9. The molecule has 0 fully saturated rings. The number of aromatic nitrogens is 2. The van der Waals surface area contributed by atoms with E-state index < -0.39 is 6.55 Å². The Kier molecular flexibility index (Phi) is 5.64. The zero-order valence-electron chi connectivity index (χ0n) is 10.0. The first kappa shape index (κ1) is 14.0. The normalized spacial score (nSPS) is 11.4. The minimum atomic E-state index is -2.61. The van der Waals surface area contributed by atoms with Crippen LogP contribution >= 0.6 is 0 Å². The summed E-state index contributed by atoms with van der Waals surface area (Å²) in [5.41, 5.74) is 0. The largest absolute Gasteiger partial charge is 0.357 e. The number of rotatable bonds is 5. The van der Waals surface area contributed by atoms with Gasteiger partial charge in [0.1, 0.15) is 12.4 Å². The molecule has 7 heteroatoms. The van der Waals surface area contributed by atoms with Gasteiger partial charge in [-0.15, -0.1) is 6.42 Å². The van der Waals surface area contributed by atoms with Crippen molar-refractivity contribution >= 4 is 5.96 Å². The quantitative estimate of drug-likeness (QED) is 0.468. The Hall–Kier alpha value is -2.10. The standard InChI is InChI=1S/C11H15F2N5/c1-3-5-16-11(14-4-2)17-8-9-15-6-7-18(9)10(12)13/h1,6-7,10H,4-5,8H2,2H3,(H2,14,16,17).